The summed E-state index contributed by atoms with van der Waals surface area (Å²) in [4.78, 5) is 17.0. The van der Waals surface area contributed by atoms with Crippen molar-refractivity contribution in [2.45, 2.75) is 12.8 Å². The van der Waals surface area contributed by atoms with Crippen LogP contribution in [0.25, 0.3) is 10.9 Å². The van der Waals surface area contributed by atoms with Crippen LogP contribution in [0.4, 0.5) is 5.82 Å². The summed E-state index contributed by atoms with van der Waals surface area (Å²) in [5.41, 5.74) is 0.958. The molecular weight excluding hydrogens is 228 g/mol. The number of hydrogen-bond donors (Lipinski definition) is 1. The summed E-state index contributed by atoms with van der Waals surface area (Å²) in [6.45, 7) is 0.692. The SMILES string of the molecule is CN(CCCC(=O)O)c1ccc2ccccc2n1. The Hall–Kier alpha value is -2.10. The lowest BCUT2D eigenvalue weighted by Crippen LogP contribution is -2.20. The number of aliphatic carboxylic acids is 1. The van der Waals surface area contributed by atoms with E-state index < -0.39 is 5.97 Å². The molecule has 2 aromatic rings. The van der Waals surface area contributed by atoms with Crippen molar-refractivity contribution in [3.05, 3.63) is 36.4 Å². The molecule has 0 amide bonds. The third-order valence-electron chi connectivity index (χ3n) is 2.86. The molecule has 0 bridgehead atoms. The number of fused-ring (bicyclic) bond motifs is 1. The quantitative estimate of drug-likeness (QED) is 0.878. The average molecular weight is 244 g/mol. The van der Waals surface area contributed by atoms with Crippen molar-refractivity contribution in [1.29, 1.82) is 0 Å². The molecule has 0 aliphatic carbocycles. The minimum Gasteiger partial charge on any atom is -0.481 e. The summed E-state index contributed by atoms with van der Waals surface area (Å²) in [6.07, 6.45) is 0.818. The van der Waals surface area contributed by atoms with Gasteiger partial charge in [-0.05, 0) is 24.6 Å². The molecule has 0 unspecified atom stereocenters. The highest BCUT2D eigenvalue weighted by atomic mass is 16.4. The van der Waals surface area contributed by atoms with E-state index in [1.807, 2.05) is 48.3 Å². The van der Waals surface area contributed by atoms with Crippen LogP contribution in [0.1, 0.15) is 12.8 Å². The van der Waals surface area contributed by atoms with Gasteiger partial charge < -0.3 is 10.0 Å². The van der Waals surface area contributed by atoms with Crippen LogP contribution in [0.5, 0.6) is 0 Å². The molecule has 1 N–H and O–H groups in total. The van der Waals surface area contributed by atoms with E-state index in [-0.39, 0.29) is 6.42 Å². The van der Waals surface area contributed by atoms with Gasteiger partial charge in [-0.1, -0.05) is 18.2 Å². The van der Waals surface area contributed by atoms with Crippen LogP contribution in [0.3, 0.4) is 0 Å². The lowest BCUT2D eigenvalue weighted by molar-refractivity contribution is -0.137. The number of rotatable bonds is 5. The number of benzene rings is 1. The molecule has 1 heterocycles. The van der Waals surface area contributed by atoms with Crippen molar-refractivity contribution in [1.82, 2.24) is 4.98 Å². The van der Waals surface area contributed by atoms with E-state index in [9.17, 15) is 4.79 Å². The number of carbonyl (C=O) groups is 1. The number of carboxylic acids is 1. The minimum atomic E-state index is -0.755. The Balaban J connectivity index is 2.08. The molecule has 0 fully saturated rings. The molecule has 0 aliphatic heterocycles. The van der Waals surface area contributed by atoms with Crippen molar-refractivity contribution in [3.8, 4) is 0 Å². The Bertz CT molecular complexity index is 554. The third kappa shape index (κ3) is 2.97. The highest BCUT2D eigenvalue weighted by Crippen LogP contribution is 2.17. The van der Waals surface area contributed by atoms with Gasteiger partial charge in [0, 0.05) is 25.4 Å². The van der Waals surface area contributed by atoms with Crippen LogP contribution >= 0.6 is 0 Å². The van der Waals surface area contributed by atoms with Crippen LogP contribution in [-0.4, -0.2) is 29.7 Å². The maximum Gasteiger partial charge on any atom is 0.303 e. The van der Waals surface area contributed by atoms with Crippen LogP contribution in [-0.2, 0) is 4.79 Å². The van der Waals surface area contributed by atoms with Crippen molar-refractivity contribution >= 4 is 22.7 Å². The number of nitrogens with zero attached hydrogens (tertiary/aromatic N) is 2. The molecule has 0 atom stereocenters. The van der Waals surface area contributed by atoms with E-state index in [2.05, 4.69) is 4.98 Å². The minimum absolute atomic E-state index is 0.192. The number of pyridine rings is 1. The highest BCUT2D eigenvalue weighted by molar-refractivity contribution is 5.80. The summed E-state index contributed by atoms with van der Waals surface area (Å²) in [7, 11) is 1.93. The number of hydrogen-bond acceptors (Lipinski definition) is 3. The maximum absolute atomic E-state index is 10.5. The predicted molar refractivity (Wildman–Crippen MR) is 71.9 cm³/mol. The zero-order valence-electron chi connectivity index (χ0n) is 10.3. The van der Waals surface area contributed by atoms with Crippen LogP contribution in [0.15, 0.2) is 36.4 Å². The van der Waals surface area contributed by atoms with Gasteiger partial charge in [-0.2, -0.15) is 0 Å². The zero-order chi connectivity index (χ0) is 13.0. The van der Waals surface area contributed by atoms with Gasteiger partial charge in [-0.25, -0.2) is 4.98 Å². The fourth-order valence-corrected chi connectivity index (χ4v) is 1.85. The first-order valence-electron chi connectivity index (χ1n) is 5.95. The second-order valence-electron chi connectivity index (χ2n) is 4.28. The maximum atomic E-state index is 10.5. The van der Waals surface area contributed by atoms with Gasteiger partial charge in [0.15, 0.2) is 0 Å². The van der Waals surface area contributed by atoms with Gasteiger partial charge in [0.1, 0.15) is 5.82 Å². The molecule has 4 heteroatoms. The van der Waals surface area contributed by atoms with E-state index in [0.717, 1.165) is 16.7 Å². The molecule has 94 valence electrons. The van der Waals surface area contributed by atoms with Gasteiger partial charge in [0.2, 0.25) is 0 Å². The number of aromatic nitrogens is 1. The van der Waals surface area contributed by atoms with E-state index in [1.165, 1.54) is 0 Å². The zero-order valence-corrected chi connectivity index (χ0v) is 10.3. The molecular formula is C14H16N2O2. The Morgan fingerprint density at radius 1 is 1.28 bits per heavy atom. The molecule has 0 aliphatic rings. The molecule has 0 saturated heterocycles. The van der Waals surface area contributed by atoms with Gasteiger partial charge >= 0.3 is 5.97 Å². The second-order valence-corrected chi connectivity index (χ2v) is 4.28. The molecule has 1 aromatic carbocycles. The Morgan fingerprint density at radius 3 is 2.83 bits per heavy atom. The largest absolute Gasteiger partial charge is 0.481 e. The third-order valence-corrected chi connectivity index (χ3v) is 2.86. The number of carboxylic acid groups (broad SMARTS) is 1. The van der Waals surface area contributed by atoms with E-state index >= 15 is 0 Å². The van der Waals surface area contributed by atoms with Crippen LogP contribution in [0, 0.1) is 0 Å². The van der Waals surface area contributed by atoms with E-state index in [4.69, 9.17) is 5.11 Å². The van der Waals surface area contributed by atoms with Gasteiger partial charge in [0.25, 0.3) is 0 Å². The van der Waals surface area contributed by atoms with Gasteiger partial charge in [-0.15, -0.1) is 0 Å². The lowest BCUT2D eigenvalue weighted by atomic mass is 10.2. The topological polar surface area (TPSA) is 53.4 Å². The average Bonchev–Trinajstić information content (AvgIpc) is 2.37. The lowest BCUT2D eigenvalue weighted by Gasteiger charge is -2.17. The van der Waals surface area contributed by atoms with Crippen molar-refractivity contribution in [2.24, 2.45) is 0 Å². The second kappa shape index (κ2) is 5.49. The fourth-order valence-electron chi connectivity index (χ4n) is 1.85. The first-order chi connectivity index (χ1) is 8.66. The van der Waals surface area contributed by atoms with E-state index in [1.54, 1.807) is 0 Å². The molecule has 18 heavy (non-hydrogen) atoms. The summed E-state index contributed by atoms with van der Waals surface area (Å²) in [6, 6.07) is 11.9. The van der Waals surface area contributed by atoms with Crippen LogP contribution < -0.4 is 4.90 Å². The van der Waals surface area contributed by atoms with Crippen molar-refractivity contribution < 1.29 is 9.90 Å². The summed E-state index contributed by atoms with van der Waals surface area (Å²) in [5, 5.41) is 9.72. The van der Waals surface area contributed by atoms with E-state index in [0.29, 0.717) is 13.0 Å². The fraction of sp³-hybridized carbons (Fsp3) is 0.286. The Labute approximate surface area is 106 Å². The van der Waals surface area contributed by atoms with Crippen molar-refractivity contribution in [2.75, 3.05) is 18.5 Å². The number of anilines is 1. The van der Waals surface area contributed by atoms with Crippen LogP contribution in [0.2, 0.25) is 0 Å². The van der Waals surface area contributed by atoms with Crippen molar-refractivity contribution in [3.63, 3.8) is 0 Å². The van der Waals surface area contributed by atoms with Gasteiger partial charge in [-0.3, -0.25) is 4.79 Å². The smallest absolute Gasteiger partial charge is 0.303 e. The summed E-state index contributed by atoms with van der Waals surface area (Å²) in [5.74, 6) is 0.119. The molecule has 0 radical (unpaired) electrons. The summed E-state index contributed by atoms with van der Waals surface area (Å²) < 4.78 is 0. The normalized spacial score (nSPS) is 10.5. The molecule has 0 saturated carbocycles. The molecule has 1 aromatic heterocycles. The Morgan fingerprint density at radius 2 is 2.06 bits per heavy atom. The highest BCUT2D eigenvalue weighted by Gasteiger charge is 2.04. The summed E-state index contributed by atoms with van der Waals surface area (Å²) >= 11 is 0. The Kier molecular flexibility index (Phi) is 3.77. The van der Waals surface area contributed by atoms with Gasteiger partial charge in [0.05, 0.1) is 5.52 Å². The molecule has 2 rings (SSSR count). The molecule has 4 nitrogen and oxygen atoms in total. The number of para-hydroxylation sites is 1. The predicted octanol–water partition coefficient (Wildman–Crippen LogP) is 2.54. The molecule has 0 spiro atoms. The monoisotopic (exact) mass is 244 g/mol. The first-order valence-corrected chi connectivity index (χ1v) is 5.95. The first kappa shape index (κ1) is 12.4. The standard InChI is InChI=1S/C14H16N2O2/c1-16(10-4-7-14(17)18)13-9-8-11-5-2-3-6-12(11)15-13/h2-3,5-6,8-9H,4,7,10H2,1H3,(H,17,18).